The summed E-state index contributed by atoms with van der Waals surface area (Å²) >= 11 is 7.44. The van der Waals surface area contributed by atoms with Crippen LogP contribution in [0.5, 0.6) is 0 Å². The lowest BCUT2D eigenvalue weighted by Crippen LogP contribution is -2.22. The van der Waals surface area contributed by atoms with Gasteiger partial charge in [-0.15, -0.1) is 11.3 Å². The van der Waals surface area contributed by atoms with Crippen molar-refractivity contribution in [1.82, 2.24) is 9.78 Å². The molecule has 0 saturated carbocycles. The maximum Gasteiger partial charge on any atom is 0.342 e. The molecule has 2 heterocycles. The molecule has 0 fully saturated rings. The van der Waals surface area contributed by atoms with E-state index in [0.29, 0.717) is 21.2 Å². The smallest absolute Gasteiger partial charge is 0.342 e. The fourth-order valence-corrected chi connectivity index (χ4v) is 4.21. The molecule has 1 amide bonds. The summed E-state index contributed by atoms with van der Waals surface area (Å²) in [5.74, 6) is -1.89. The average Bonchev–Trinajstić information content (AvgIpc) is 3.25. The SMILES string of the molecule is CCOC(=O)c1c(NC(=O)COC(=O)c2cnn(C)c2C)sc(Cl)c1-c1ccccc1. The summed E-state index contributed by atoms with van der Waals surface area (Å²) in [7, 11) is 1.70. The lowest BCUT2D eigenvalue weighted by Gasteiger charge is -2.09. The molecule has 0 aliphatic rings. The van der Waals surface area contributed by atoms with E-state index in [1.165, 1.54) is 10.9 Å². The van der Waals surface area contributed by atoms with Gasteiger partial charge in [-0.2, -0.15) is 5.10 Å². The largest absolute Gasteiger partial charge is 0.462 e. The van der Waals surface area contributed by atoms with Gasteiger partial charge in [0.15, 0.2) is 6.61 Å². The molecule has 0 saturated heterocycles. The Morgan fingerprint density at radius 2 is 1.87 bits per heavy atom. The summed E-state index contributed by atoms with van der Waals surface area (Å²) in [5.41, 5.74) is 2.24. The van der Waals surface area contributed by atoms with E-state index >= 15 is 0 Å². The molecular weight excluding hydrogens is 442 g/mol. The van der Waals surface area contributed by atoms with E-state index in [1.807, 2.05) is 18.2 Å². The van der Waals surface area contributed by atoms with Gasteiger partial charge in [0.05, 0.1) is 12.8 Å². The van der Waals surface area contributed by atoms with Crippen LogP contribution in [0.25, 0.3) is 11.1 Å². The first-order valence-electron chi connectivity index (χ1n) is 9.33. The Morgan fingerprint density at radius 1 is 1.16 bits per heavy atom. The van der Waals surface area contributed by atoms with Gasteiger partial charge in [-0.25, -0.2) is 9.59 Å². The third-order valence-electron chi connectivity index (χ3n) is 4.45. The highest BCUT2D eigenvalue weighted by Gasteiger charge is 2.26. The first kappa shape index (κ1) is 22.5. The molecule has 0 atom stereocenters. The molecule has 8 nitrogen and oxygen atoms in total. The number of benzene rings is 1. The number of halogens is 1. The minimum absolute atomic E-state index is 0.158. The number of nitrogens with zero attached hydrogens (tertiary/aromatic N) is 2. The predicted octanol–water partition coefficient (Wildman–Crippen LogP) is 4.08. The molecule has 0 unspecified atom stereocenters. The number of aryl methyl sites for hydroxylation is 1. The maximum atomic E-state index is 12.6. The van der Waals surface area contributed by atoms with Crippen molar-refractivity contribution in [3.05, 3.63) is 57.7 Å². The van der Waals surface area contributed by atoms with E-state index in [2.05, 4.69) is 10.4 Å². The fourth-order valence-electron chi connectivity index (χ4n) is 2.82. The van der Waals surface area contributed by atoms with Crippen LogP contribution in [0.4, 0.5) is 5.00 Å². The molecular formula is C21H20ClN3O5S. The molecule has 0 spiro atoms. The third kappa shape index (κ3) is 4.95. The molecule has 2 aromatic heterocycles. The molecule has 0 bridgehead atoms. The van der Waals surface area contributed by atoms with Crippen molar-refractivity contribution in [3.63, 3.8) is 0 Å². The lowest BCUT2D eigenvalue weighted by atomic mass is 10.0. The number of hydrogen-bond acceptors (Lipinski definition) is 7. The molecule has 3 aromatic rings. The van der Waals surface area contributed by atoms with Crippen LogP contribution >= 0.6 is 22.9 Å². The number of amides is 1. The van der Waals surface area contributed by atoms with Crippen LogP contribution < -0.4 is 5.32 Å². The van der Waals surface area contributed by atoms with Gasteiger partial charge in [-0.3, -0.25) is 9.48 Å². The van der Waals surface area contributed by atoms with Gasteiger partial charge in [0.1, 0.15) is 20.5 Å². The Morgan fingerprint density at radius 3 is 2.48 bits per heavy atom. The molecule has 0 aliphatic carbocycles. The van der Waals surface area contributed by atoms with Crippen molar-refractivity contribution in [2.45, 2.75) is 13.8 Å². The molecule has 162 valence electrons. The van der Waals surface area contributed by atoms with Crippen molar-refractivity contribution >= 4 is 45.8 Å². The van der Waals surface area contributed by atoms with Gasteiger partial charge in [0.2, 0.25) is 0 Å². The summed E-state index contributed by atoms with van der Waals surface area (Å²) in [6.07, 6.45) is 1.37. The first-order valence-corrected chi connectivity index (χ1v) is 10.5. The zero-order chi connectivity index (χ0) is 22.5. The maximum absolute atomic E-state index is 12.6. The first-order chi connectivity index (χ1) is 14.8. The van der Waals surface area contributed by atoms with Crippen molar-refractivity contribution in [3.8, 4) is 11.1 Å². The Labute approximate surface area is 187 Å². The molecule has 0 aliphatic heterocycles. The Hall–Kier alpha value is -3.17. The molecule has 10 heteroatoms. The van der Waals surface area contributed by atoms with Crippen molar-refractivity contribution < 1.29 is 23.9 Å². The average molecular weight is 462 g/mol. The number of nitrogens with one attached hydrogen (secondary N) is 1. The lowest BCUT2D eigenvalue weighted by molar-refractivity contribution is -0.119. The summed E-state index contributed by atoms with van der Waals surface area (Å²) in [4.78, 5) is 37.2. The Balaban J connectivity index is 1.80. The molecule has 1 N–H and O–H groups in total. The highest BCUT2D eigenvalue weighted by Crippen LogP contribution is 2.43. The van der Waals surface area contributed by atoms with Crippen LogP contribution in [0.2, 0.25) is 4.34 Å². The topological polar surface area (TPSA) is 99.5 Å². The van der Waals surface area contributed by atoms with E-state index < -0.39 is 24.5 Å². The number of aromatic nitrogens is 2. The predicted molar refractivity (Wildman–Crippen MR) is 118 cm³/mol. The fraction of sp³-hybridized carbons (Fsp3) is 0.238. The van der Waals surface area contributed by atoms with Gasteiger partial charge in [-0.05, 0) is 19.4 Å². The summed E-state index contributed by atoms with van der Waals surface area (Å²) in [5, 5.41) is 6.80. The second kappa shape index (κ2) is 9.76. The summed E-state index contributed by atoms with van der Waals surface area (Å²) in [6.45, 7) is 3.03. The van der Waals surface area contributed by atoms with E-state index in [4.69, 9.17) is 21.1 Å². The number of esters is 2. The van der Waals surface area contributed by atoms with Gasteiger partial charge in [-0.1, -0.05) is 41.9 Å². The zero-order valence-corrected chi connectivity index (χ0v) is 18.7. The highest BCUT2D eigenvalue weighted by molar-refractivity contribution is 7.21. The van der Waals surface area contributed by atoms with Crippen LogP contribution in [0, 0.1) is 6.92 Å². The monoisotopic (exact) mass is 461 g/mol. The van der Waals surface area contributed by atoms with Crippen molar-refractivity contribution in [2.24, 2.45) is 7.05 Å². The van der Waals surface area contributed by atoms with Gasteiger partial charge >= 0.3 is 11.9 Å². The number of carbonyl (C=O) groups excluding carboxylic acids is 3. The molecule has 0 radical (unpaired) electrons. The second-order valence-corrected chi connectivity index (χ2v) is 8.06. The number of rotatable bonds is 7. The van der Waals surface area contributed by atoms with Crippen molar-refractivity contribution in [1.29, 1.82) is 0 Å². The molecule has 3 rings (SSSR count). The minimum Gasteiger partial charge on any atom is -0.462 e. The zero-order valence-electron chi connectivity index (χ0n) is 17.1. The van der Waals surface area contributed by atoms with Crippen LogP contribution in [-0.2, 0) is 21.3 Å². The summed E-state index contributed by atoms with van der Waals surface area (Å²) < 4.78 is 12.1. The number of carbonyl (C=O) groups is 3. The number of ether oxygens (including phenoxy) is 2. The van der Waals surface area contributed by atoms with E-state index in [1.54, 1.807) is 33.0 Å². The Kier molecular flexibility index (Phi) is 7.09. The van der Waals surface area contributed by atoms with Crippen LogP contribution in [0.3, 0.4) is 0 Å². The molecule has 31 heavy (non-hydrogen) atoms. The second-order valence-electron chi connectivity index (χ2n) is 6.43. The number of thiophene rings is 1. The standard InChI is InChI=1S/C21H20ClN3O5S/c1-4-29-21(28)17-16(13-8-6-5-7-9-13)18(22)31-19(17)24-15(26)11-30-20(27)14-10-23-25(3)12(14)2/h5-10H,4,11H2,1-3H3,(H,24,26). The third-order valence-corrected chi connectivity index (χ3v) is 5.76. The van der Waals surface area contributed by atoms with Gasteiger partial charge < -0.3 is 14.8 Å². The van der Waals surface area contributed by atoms with E-state index in [-0.39, 0.29) is 22.7 Å². The minimum atomic E-state index is -0.666. The van der Waals surface area contributed by atoms with E-state index in [9.17, 15) is 14.4 Å². The van der Waals surface area contributed by atoms with E-state index in [0.717, 1.165) is 11.3 Å². The highest BCUT2D eigenvalue weighted by atomic mass is 35.5. The summed E-state index contributed by atoms with van der Waals surface area (Å²) in [6, 6.07) is 9.09. The van der Waals surface area contributed by atoms with Crippen molar-refractivity contribution in [2.75, 3.05) is 18.5 Å². The Bertz CT molecular complexity index is 1120. The van der Waals surface area contributed by atoms with Crippen LogP contribution in [0.15, 0.2) is 36.5 Å². The number of hydrogen-bond donors (Lipinski definition) is 1. The van der Waals surface area contributed by atoms with Gasteiger partial charge in [0, 0.05) is 18.3 Å². The normalized spacial score (nSPS) is 10.6. The quantitative estimate of drug-likeness (QED) is 0.532. The van der Waals surface area contributed by atoms with Crippen LogP contribution in [0.1, 0.15) is 33.3 Å². The molecule has 1 aromatic carbocycles. The number of anilines is 1. The van der Waals surface area contributed by atoms with Gasteiger partial charge in [0.25, 0.3) is 5.91 Å². The van der Waals surface area contributed by atoms with Crippen LogP contribution in [-0.4, -0.2) is 40.8 Å².